The number of ether oxygens (including phenoxy) is 2. The lowest BCUT2D eigenvalue weighted by Crippen LogP contribution is -2.52. The van der Waals surface area contributed by atoms with Gasteiger partial charge in [-0.05, 0) is 36.8 Å². The van der Waals surface area contributed by atoms with Crippen molar-refractivity contribution < 1.29 is 27.4 Å². The van der Waals surface area contributed by atoms with Crippen molar-refractivity contribution in [3.05, 3.63) is 59.7 Å². The number of anilines is 1. The fourth-order valence-electron chi connectivity index (χ4n) is 5.09. The van der Waals surface area contributed by atoms with Crippen molar-refractivity contribution in [2.45, 2.75) is 37.6 Å². The number of carbonyl (C=O) groups is 1. The summed E-state index contributed by atoms with van der Waals surface area (Å²) in [6.45, 7) is 4.10. The quantitative estimate of drug-likeness (QED) is 0.449. The van der Waals surface area contributed by atoms with Gasteiger partial charge in [-0.15, -0.1) is 12.4 Å². The van der Waals surface area contributed by atoms with Crippen LogP contribution in [0.5, 0.6) is 11.5 Å². The van der Waals surface area contributed by atoms with E-state index in [1.54, 1.807) is 48.5 Å². The van der Waals surface area contributed by atoms with Gasteiger partial charge in [-0.3, -0.25) is 4.79 Å². The third kappa shape index (κ3) is 5.65. The Labute approximate surface area is 230 Å². The van der Waals surface area contributed by atoms with Crippen LogP contribution < -0.4 is 20.1 Å². The minimum atomic E-state index is -4.49. The predicted octanol–water partition coefficient (Wildman–Crippen LogP) is 5.08. The molecule has 39 heavy (non-hydrogen) atoms. The zero-order valence-corrected chi connectivity index (χ0v) is 22.6. The molecule has 210 valence electrons. The molecular formula is C27H31ClF3N5O3. The molecule has 3 atom stereocenters. The summed E-state index contributed by atoms with van der Waals surface area (Å²) >= 11 is 0. The van der Waals surface area contributed by atoms with Gasteiger partial charge < -0.3 is 25.0 Å². The molecule has 3 aromatic rings. The average Bonchev–Trinajstić information content (AvgIpc) is 3.35. The molecule has 1 amide bonds. The lowest BCUT2D eigenvalue weighted by Gasteiger charge is -2.34. The summed E-state index contributed by atoms with van der Waals surface area (Å²) < 4.78 is 54.1. The average molecular weight is 566 g/mol. The highest BCUT2D eigenvalue weighted by Crippen LogP contribution is 2.45. The Hall–Kier alpha value is -3.44. The number of nitrogens with one attached hydrogen (secondary N) is 2. The molecule has 5 rings (SSSR count). The monoisotopic (exact) mass is 565 g/mol. The molecule has 2 unspecified atom stereocenters. The van der Waals surface area contributed by atoms with E-state index in [-0.39, 0.29) is 36.6 Å². The molecule has 0 spiro atoms. The summed E-state index contributed by atoms with van der Waals surface area (Å²) in [5, 5.41) is 10.8. The Morgan fingerprint density at radius 3 is 2.41 bits per heavy atom. The Balaban J connectivity index is 0.00000353. The van der Waals surface area contributed by atoms with Crippen LogP contribution >= 0.6 is 12.4 Å². The third-order valence-corrected chi connectivity index (χ3v) is 7.19. The molecule has 8 nitrogen and oxygen atoms in total. The fraction of sp³-hybridized carbons (Fsp3) is 0.407. The smallest absolute Gasteiger partial charge is 0.410 e. The number of methoxy groups -OCH3 is 2. The summed E-state index contributed by atoms with van der Waals surface area (Å²) in [6.07, 6.45) is -4.73. The number of aromatic nitrogens is 2. The van der Waals surface area contributed by atoms with Crippen molar-refractivity contribution in [2.75, 3.05) is 39.2 Å². The van der Waals surface area contributed by atoms with Crippen LogP contribution in [0.3, 0.4) is 0 Å². The molecular weight excluding hydrogens is 535 g/mol. The number of hydrogen-bond donors (Lipinski definition) is 2. The van der Waals surface area contributed by atoms with Gasteiger partial charge in [0, 0.05) is 49.3 Å². The number of rotatable bonds is 5. The molecule has 0 saturated carbocycles. The zero-order valence-electron chi connectivity index (χ0n) is 21.8. The van der Waals surface area contributed by atoms with E-state index >= 15 is 0 Å². The van der Waals surface area contributed by atoms with Gasteiger partial charge >= 0.3 is 6.18 Å². The van der Waals surface area contributed by atoms with Crippen LogP contribution in [0.25, 0.3) is 11.3 Å². The number of halogens is 4. The molecule has 0 aliphatic carbocycles. The van der Waals surface area contributed by atoms with Gasteiger partial charge in [0.1, 0.15) is 5.82 Å². The van der Waals surface area contributed by atoms with E-state index in [1.807, 2.05) is 11.8 Å². The molecule has 1 aromatic heterocycles. The standard InChI is InChI=1S/C27H30F3N5O3.ClH/c1-16-15-31-10-11-34(16)26(36)18-6-4-17(5-7-18)21-14-25-32-20(13-24(27(28,29)30)35(25)33-21)19-8-9-22(37-2)23(12-19)38-3;/h4-9,12,14,16,20,24,31-32H,10-11,13,15H2,1-3H3;1H/t16-,20?,24?;/m1./s1. The molecule has 2 aromatic carbocycles. The van der Waals surface area contributed by atoms with Crippen molar-refractivity contribution in [3.63, 3.8) is 0 Å². The molecule has 1 saturated heterocycles. The van der Waals surface area contributed by atoms with Crippen molar-refractivity contribution in [3.8, 4) is 22.8 Å². The summed E-state index contributed by atoms with van der Waals surface area (Å²) in [6, 6.07) is 11.2. The van der Waals surface area contributed by atoms with Crippen molar-refractivity contribution >= 4 is 24.1 Å². The maximum absolute atomic E-state index is 14.2. The minimum Gasteiger partial charge on any atom is -0.493 e. The van der Waals surface area contributed by atoms with Gasteiger partial charge in [-0.1, -0.05) is 18.2 Å². The van der Waals surface area contributed by atoms with Gasteiger partial charge in [0.25, 0.3) is 5.91 Å². The van der Waals surface area contributed by atoms with E-state index in [0.29, 0.717) is 40.4 Å². The largest absolute Gasteiger partial charge is 0.493 e. The first-order valence-electron chi connectivity index (χ1n) is 12.5. The second kappa shape index (κ2) is 11.4. The maximum Gasteiger partial charge on any atom is 0.410 e. The second-order valence-corrected chi connectivity index (χ2v) is 9.59. The van der Waals surface area contributed by atoms with Gasteiger partial charge in [-0.25, -0.2) is 4.68 Å². The second-order valence-electron chi connectivity index (χ2n) is 9.59. The fourth-order valence-corrected chi connectivity index (χ4v) is 5.09. The molecule has 12 heteroatoms. The first-order valence-corrected chi connectivity index (χ1v) is 12.5. The first-order chi connectivity index (χ1) is 18.2. The maximum atomic E-state index is 14.2. The van der Waals surface area contributed by atoms with Crippen molar-refractivity contribution in [1.29, 1.82) is 0 Å². The summed E-state index contributed by atoms with van der Waals surface area (Å²) in [7, 11) is 2.99. The molecule has 0 bridgehead atoms. The lowest BCUT2D eigenvalue weighted by atomic mass is 9.96. The highest BCUT2D eigenvalue weighted by Gasteiger charge is 2.46. The van der Waals surface area contributed by atoms with Gasteiger partial charge in [0.15, 0.2) is 17.5 Å². The van der Waals surface area contributed by atoms with Crippen LogP contribution in [0.4, 0.5) is 19.0 Å². The summed E-state index contributed by atoms with van der Waals surface area (Å²) in [5.41, 5.74) is 2.20. The Kier molecular flexibility index (Phi) is 8.31. The number of hydrogen-bond acceptors (Lipinski definition) is 6. The highest BCUT2D eigenvalue weighted by atomic mass is 35.5. The highest BCUT2D eigenvalue weighted by molar-refractivity contribution is 5.95. The van der Waals surface area contributed by atoms with E-state index in [0.717, 1.165) is 17.8 Å². The Bertz CT molecular complexity index is 1310. The van der Waals surface area contributed by atoms with Gasteiger partial charge in [0.2, 0.25) is 0 Å². The number of carbonyl (C=O) groups excluding carboxylic acids is 1. The van der Waals surface area contributed by atoms with Crippen LogP contribution in [0.2, 0.25) is 0 Å². The topological polar surface area (TPSA) is 80.7 Å². The van der Waals surface area contributed by atoms with Crippen LogP contribution in [0, 0.1) is 0 Å². The van der Waals surface area contributed by atoms with E-state index in [4.69, 9.17) is 9.47 Å². The molecule has 2 aliphatic heterocycles. The van der Waals surface area contributed by atoms with Crippen LogP contribution in [0.15, 0.2) is 48.5 Å². The molecule has 2 aliphatic rings. The predicted molar refractivity (Wildman–Crippen MR) is 144 cm³/mol. The number of nitrogens with zero attached hydrogens (tertiary/aromatic N) is 3. The van der Waals surface area contributed by atoms with Crippen molar-refractivity contribution in [2.24, 2.45) is 0 Å². The van der Waals surface area contributed by atoms with E-state index in [2.05, 4.69) is 15.7 Å². The third-order valence-electron chi connectivity index (χ3n) is 7.19. The first kappa shape index (κ1) is 28.6. The Morgan fingerprint density at radius 2 is 1.77 bits per heavy atom. The van der Waals surface area contributed by atoms with Crippen molar-refractivity contribution in [1.82, 2.24) is 20.0 Å². The zero-order chi connectivity index (χ0) is 27.0. The number of amides is 1. The molecule has 3 heterocycles. The molecule has 0 radical (unpaired) electrons. The van der Waals surface area contributed by atoms with E-state index in [9.17, 15) is 18.0 Å². The van der Waals surface area contributed by atoms with Crippen LogP contribution in [-0.4, -0.2) is 66.7 Å². The lowest BCUT2D eigenvalue weighted by molar-refractivity contribution is -0.173. The minimum absolute atomic E-state index is 0. The Morgan fingerprint density at radius 1 is 1.05 bits per heavy atom. The summed E-state index contributed by atoms with van der Waals surface area (Å²) in [4.78, 5) is 14.8. The SMILES string of the molecule is COc1ccc(C2CC(C(F)(F)F)n3nc(-c4ccc(C(=O)N5CCNC[C@H]5C)cc4)cc3N2)cc1OC.Cl. The van der Waals surface area contributed by atoms with E-state index in [1.165, 1.54) is 14.2 Å². The molecule has 2 N–H and O–H groups in total. The van der Waals surface area contributed by atoms with Gasteiger partial charge in [0.05, 0.1) is 26.0 Å². The van der Waals surface area contributed by atoms with Crippen LogP contribution in [-0.2, 0) is 0 Å². The summed E-state index contributed by atoms with van der Waals surface area (Å²) in [5.74, 6) is 1.15. The van der Waals surface area contributed by atoms with Gasteiger partial charge in [-0.2, -0.15) is 18.3 Å². The van der Waals surface area contributed by atoms with Crippen LogP contribution in [0.1, 0.15) is 41.3 Å². The van der Waals surface area contributed by atoms with E-state index < -0.39 is 18.3 Å². The number of fused-ring (bicyclic) bond motifs is 1. The normalized spacial score (nSPS) is 20.9. The number of benzene rings is 2. The number of piperazine rings is 1. The molecule has 1 fully saturated rings. The number of alkyl halides is 3.